The van der Waals surface area contributed by atoms with Gasteiger partial charge in [-0.15, -0.1) is 0 Å². The van der Waals surface area contributed by atoms with Crippen molar-refractivity contribution in [3.63, 3.8) is 0 Å². The lowest BCUT2D eigenvalue weighted by atomic mass is 10.5. The molecule has 9 nitrogen and oxygen atoms in total. The molecular formula is C11H17N5O4. The first kappa shape index (κ1) is 14.3. The quantitative estimate of drug-likeness (QED) is 0.648. The smallest absolute Gasteiger partial charge is 0.356 e. The van der Waals surface area contributed by atoms with E-state index in [-0.39, 0.29) is 11.7 Å². The number of rotatable bonds is 5. The summed E-state index contributed by atoms with van der Waals surface area (Å²) in [7, 11) is 0. The second kappa shape index (κ2) is 6.87. The van der Waals surface area contributed by atoms with Crippen LogP contribution in [0.2, 0.25) is 0 Å². The van der Waals surface area contributed by atoms with Crippen molar-refractivity contribution in [2.75, 3.05) is 32.8 Å². The van der Waals surface area contributed by atoms with E-state index in [4.69, 9.17) is 9.84 Å². The Morgan fingerprint density at radius 1 is 1.40 bits per heavy atom. The van der Waals surface area contributed by atoms with Crippen LogP contribution in [0.15, 0.2) is 12.5 Å². The van der Waals surface area contributed by atoms with Crippen LogP contribution >= 0.6 is 0 Å². The van der Waals surface area contributed by atoms with E-state index in [0.29, 0.717) is 39.4 Å². The van der Waals surface area contributed by atoms with Crippen molar-refractivity contribution in [1.82, 2.24) is 25.3 Å². The van der Waals surface area contributed by atoms with Gasteiger partial charge in [0.25, 0.3) is 0 Å². The number of carboxylic acids is 1. The molecule has 1 aromatic rings. The fourth-order valence-electron chi connectivity index (χ4n) is 1.75. The molecule has 0 bridgehead atoms. The van der Waals surface area contributed by atoms with E-state index in [0.717, 1.165) is 0 Å². The zero-order valence-electron chi connectivity index (χ0n) is 10.9. The zero-order chi connectivity index (χ0) is 14.4. The molecule has 110 valence electrons. The van der Waals surface area contributed by atoms with Gasteiger partial charge >= 0.3 is 12.0 Å². The first-order chi connectivity index (χ1) is 9.65. The number of carbonyl (C=O) groups is 2. The maximum absolute atomic E-state index is 11.6. The van der Waals surface area contributed by atoms with Gasteiger partial charge in [0.15, 0.2) is 5.69 Å². The number of nitrogens with zero attached hydrogens (tertiary/aromatic N) is 3. The molecule has 0 atom stereocenters. The molecule has 1 aliphatic heterocycles. The van der Waals surface area contributed by atoms with Gasteiger partial charge < -0.3 is 19.7 Å². The van der Waals surface area contributed by atoms with Crippen molar-refractivity contribution in [2.24, 2.45) is 0 Å². The van der Waals surface area contributed by atoms with Crippen LogP contribution in [-0.4, -0.2) is 64.5 Å². The number of hydrogen-bond acceptors (Lipinski definition) is 5. The molecule has 2 amide bonds. The van der Waals surface area contributed by atoms with Crippen molar-refractivity contribution in [1.29, 1.82) is 0 Å². The molecule has 1 aliphatic rings. The minimum Gasteiger partial charge on any atom is -0.476 e. The lowest BCUT2D eigenvalue weighted by molar-refractivity contribution is 0.0195. The van der Waals surface area contributed by atoms with Crippen LogP contribution in [0.5, 0.6) is 0 Å². The first-order valence-corrected chi connectivity index (χ1v) is 6.27. The number of amides is 2. The Hall–Kier alpha value is -2.13. The Morgan fingerprint density at radius 3 is 2.80 bits per heavy atom. The molecule has 0 spiro atoms. The average molecular weight is 283 g/mol. The van der Waals surface area contributed by atoms with Crippen LogP contribution in [0.1, 0.15) is 10.5 Å². The maximum atomic E-state index is 11.6. The Kier molecular flexibility index (Phi) is 4.91. The van der Waals surface area contributed by atoms with Crippen LogP contribution in [0.4, 0.5) is 4.79 Å². The van der Waals surface area contributed by atoms with Gasteiger partial charge in [-0.05, 0) is 0 Å². The number of aromatic nitrogens is 2. The molecular weight excluding hydrogens is 266 g/mol. The van der Waals surface area contributed by atoms with Crippen LogP contribution in [0, 0.1) is 0 Å². The number of aromatic carboxylic acids is 1. The predicted octanol–water partition coefficient (Wildman–Crippen LogP) is -0.872. The largest absolute Gasteiger partial charge is 0.476 e. The van der Waals surface area contributed by atoms with Gasteiger partial charge in [0.2, 0.25) is 0 Å². The standard InChI is InChI=1S/C11H17N5O4/c17-10(18)9-7-15(8-13-9)2-1-12-11(19)14-16-3-5-20-6-4-16/h7-8H,1-6H2,(H,17,18)(H2,12,14,19). The van der Waals surface area contributed by atoms with E-state index < -0.39 is 5.97 Å². The number of carbonyl (C=O) groups excluding carboxylic acids is 1. The van der Waals surface area contributed by atoms with Crippen LogP contribution in [0.25, 0.3) is 0 Å². The topological polar surface area (TPSA) is 109 Å². The molecule has 1 aromatic heterocycles. The SMILES string of the molecule is O=C(NCCn1cnc(C(=O)O)c1)NN1CCOCC1. The number of nitrogens with one attached hydrogen (secondary N) is 2. The van der Waals surface area contributed by atoms with E-state index in [1.807, 2.05) is 0 Å². The lowest BCUT2D eigenvalue weighted by Crippen LogP contribution is -2.52. The minimum atomic E-state index is -1.07. The third kappa shape index (κ3) is 4.21. The predicted molar refractivity (Wildman–Crippen MR) is 68.1 cm³/mol. The number of urea groups is 1. The number of carboxylic acid groups (broad SMARTS) is 1. The Morgan fingerprint density at radius 2 is 2.15 bits per heavy atom. The third-order valence-corrected chi connectivity index (χ3v) is 2.78. The van der Waals surface area contributed by atoms with Crippen LogP contribution < -0.4 is 10.7 Å². The summed E-state index contributed by atoms with van der Waals surface area (Å²) < 4.78 is 6.78. The number of hydrazine groups is 1. The molecule has 0 saturated carbocycles. The molecule has 3 N–H and O–H groups in total. The summed E-state index contributed by atoms with van der Waals surface area (Å²) in [4.78, 5) is 26.0. The van der Waals surface area contributed by atoms with E-state index in [1.54, 1.807) is 9.58 Å². The zero-order valence-corrected chi connectivity index (χ0v) is 10.9. The molecule has 9 heteroatoms. The summed E-state index contributed by atoms with van der Waals surface area (Å²) in [5.41, 5.74) is 2.70. The summed E-state index contributed by atoms with van der Waals surface area (Å²) in [6.07, 6.45) is 2.84. The Bertz CT molecular complexity index is 469. The van der Waals surface area contributed by atoms with Crippen molar-refractivity contribution in [2.45, 2.75) is 6.54 Å². The lowest BCUT2D eigenvalue weighted by Gasteiger charge is -2.26. The van der Waals surface area contributed by atoms with E-state index in [9.17, 15) is 9.59 Å². The van der Waals surface area contributed by atoms with E-state index in [1.165, 1.54) is 12.5 Å². The molecule has 0 radical (unpaired) electrons. The third-order valence-electron chi connectivity index (χ3n) is 2.78. The number of imidazole rings is 1. The highest BCUT2D eigenvalue weighted by Crippen LogP contribution is 1.95. The molecule has 2 heterocycles. The summed E-state index contributed by atoms with van der Waals surface area (Å²) in [5, 5.41) is 13.2. The summed E-state index contributed by atoms with van der Waals surface area (Å²) in [6, 6.07) is -0.287. The number of hydrogen-bond donors (Lipinski definition) is 3. The summed E-state index contributed by atoms with van der Waals surface area (Å²) >= 11 is 0. The van der Waals surface area contributed by atoms with Gasteiger partial charge in [-0.1, -0.05) is 0 Å². The van der Waals surface area contributed by atoms with Crippen molar-refractivity contribution in [3.8, 4) is 0 Å². The first-order valence-electron chi connectivity index (χ1n) is 6.27. The molecule has 0 unspecified atom stereocenters. The fourth-order valence-corrected chi connectivity index (χ4v) is 1.75. The highest BCUT2D eigenvalue weighted by molar-refractivity contribution is 5.84. The molecule has 0 aliphatic carbocycles. The highest BCUT2D eigenvalue weighted by Gasteiger charge is 2.12. The highest BCUT2D eigenvalue weighted by atomic mass is 16.5. The second-order valence-corrected chi connectivity index (χ2v) is 4.27. The number of morpholine rings is 1. The molecule has 1 fully saturated rings. The van der Waals surface area contributed by atoms with Gasteiger partial charge in [-0.2, -0.15) is 0 Å². The molecule has 0 aromatic carbocycles. The fraction of sp³-hybridized carbons (Fsp3) is 0.545. The minimum absolute atomic E-state index is 0.0113. The van der Waals surface area contributed by atoms with Gasteiger partial charge in [0, 0.05) is 32.4 Å². The molecule has 1 saturated heterocycles. The second-order valence-electron chi connectivity index (χ2n) is 4.27. The van der Waals surface area contributed by atoms with Gasteiger partial charge in [0.1, 0.15) is 0 Å². The summed E-state index contributed by atoms with van der Waals surface area (Å²) in [5.74, 6) is -1.07. The van der Waals surface area contributed by atoms with Crippen molar-refractivity contribution >= 4 is 12.0 Å². The van der Waals surface area contributed by atoms with Gasteiger partial charge in [-0.3, -0.25) is 5.43 Å². The number of ether oxygens (including phenoxy) is 1. The van der Waals surface area contributed by atoms with Crippen molar-refractivity contribution in [3.05, 3.63) is 18.2 Å². The van der Waals surface area contributed by atoms with Crippen LogP contribution in [0.3, 0.4) is 0 Å². The van der Waals surface area contributed by atoms with Crippen molar-refractivity contribution < 1.29 is 19.4 Å². The normalized spacial score (nSPS) is 15.8. The van der Waals surface area contributed by atoms with Gasteiger partial charge in [-0.25, -0.2) is 19.6 Å². The maximum Gasteiger partial charge on any atom is 0.356 e. The average Bonchev–Trinajstić information content (AvgIpc) is 2.89. The Balaban J connectivity index is 1.66. The van der Waals surface area contributed by atoms with E-state index >= 15 is 0 Å². The van der Waals surface area contributed by atoms with Gasteiger partial charge in [0.05, 0.1) is 19.5 Å². The summed E-state index contributed by atoms with van der Waals surface area (Å²) in [6.45, 7) is 3.37. The molecule has 20 heavy (non-hydrogen) atoms. The monoisotopic (exact) mass is 283 g/mol. The van der Waals surface area contributed by atoms with E-state index in [2.05, 4.69) is 15.7 Å². The van der Waals surface area contributed by atoms with Crippen LogP contribution in [-0.2, 0) is 11.3 Å². The molecule has 2 rings (SSSR count). The Labute approximate surface area is 115 Å².